The third kappa shape index (κ3) is 4.11. The van der Waals surface area contributed by atoms with Crippen molar-refractivity contribution in [2.75, 3.05) is 18.6 Å². The summed E-state index contributed by atoms with van der Waals surface area (Å²) in [5, 5.41) is 4.21. The van der Waals surface area contributed by atoms with E-state index in [0.29, 0.717) is 11.3 Å². The van der Waals surface area contributed by atoms with Gasteiger partial charge in [-0.2, -0.15) is 5.10 Å². The van der Waals surface area contributed by atoms with E-state index in [1.165, 1.54) is 16.8 Å². The van der Waals surface area contributed by atoms with E-state index < -0.39 is 0 Å². The van der Waals surface area contributed by atoms with E-state index in [1.807, 2.05) is 19.1 Å². The maximum atomic E-state index is 12.5. The van der Waals surface area contributed by atoms with Gasteiger partial charge in [0.25, 0.3) is 5.91 Å². The number of fused-ring (bicyclic) bond motifs is 1. The number of aryl methyl sites for hydroxylation is 2. The quantitative estimate of drug-likeness (QED) is 0.556. The van der Waals surface area contributed by atoms with Gasteiger partial charge in [-0.1, -0.05) is 12.1 Å². The molecule has 5 heteroatoms. The summed E-state index contributed by atoms with van der Waals surface area (Å²) in [6.07, 6.45) is 4.01. The van der Waals surface area contributed by atoms with Crippen molar-refractivity contribution in [1.82, 2.24) is 5.43 Å². The number of nitrogens with zero attached hydrogens (tertiary/aromatic N) is 2. The number of allylic oxidation sites excluding steroid dienone is 1. The van der Waals surface area contributed by atoms with Crippen LogP contribution in [0, 0.1) is 13.8 Å². The number of benzene rings is 2. The monoisotopic (exact) mass is 405 g/mol. The Balaban J connectivity index is 1.86. The molecule has 158 valence electrons. The second-order valence-electron chi connectivity index (χ2n) is 8.35. The molecule has 0 saturated carbocycles. The summed E-state index contributed by atoms with van der Waals surface area (Å²) in [7, 11) is 1.56. The molecular formula is C25H31N3O2. The Labute approximate surface area is 179 Å². The van der Waals surface area contributed by atoms with E-state index in [4.69, 9.17) is 4.74 Å². The van der Waals surface area contributed by atoms with Gasteiger partial charge in [-0.05, 0) is 88.1 Å². The first kappa shape index (κ1) is 21.6. The summed E-state index contributed by atoms with van der Waals surface area (Å²) in [5.41, 5.74) is 9.88. The van der Waals surface area contributed by atoms with Crippen LogP contribution in [0.15, 0.2) is 41.5 Å². The summed E-state index contributed by atoms with van der Waals surface area (Å²) in [4.78, 5) is 14.9. The molecule has 0 bridgehead atoms. The van der Waals surface area contributed by atoms with Gasteiger partial charge < -0.3 is 9.64 Å². The summed E-state index contributed by atoms with van der Waals surface area (Å²) in [6.45, 7) is 13.8. The SMILES string of the molecule is CCN1c2cc(C)c(/C=N\NC(=O)c3ccc(C)cc3OC)cc2C(C)=CC1(C)C. The van der Waals surface area contributed by atoms with E-state index in [0.717, 1.165) is 23.2 Å². The number of amides is 1. The van der Waals surface area contributed by atoms with Crippen molar-refractivity contribution >= 4 is 23.4 Å². The fourth-order valence-electron chi connectivity index (χ4n) is 4.17. The minimum Gasteiger partial charge on any atom is -0.496 e. The standard InChI is InChI=1S/C25H31N3O2/c1-8-28-22-12-17(3)19(13-21(22)18(4)14-25(28,5)6)15-26-27-24(29)20-10-9-16(2)11-23(20)30-7/h9-15H,8H2,1-7H3,(H,27,29)/b26-15-. The van der Waals surface area contributed by atoms with Crippen LogP contribution in [0.25, 0.3) is 5.57 Å². The topological polar surface area (TPSA) is 53.9 Å². The largest absolute Gasteiger partial charge is 0.496 e. The van der Waals surface area contributed by atoms with Crippen molar-refractivity contribution in [3.8, 4) is 5.75 Å². The zero-order valence-electron chi connectivity index (χ0n) is 19.0. The molecule has 2 aromatic rings. The Hall–Kier alpha value is -3.08. The molecule has 1 aliphatic rings. The Morgan fingerprint density at radius 2 is 1.93 bits per heavy atom. The van der Waals surface area contributed by atoms with Gasteiger partial charge in [0.2, 0.25) is 0 Å². The highest BCUT2D eigenvalue weighted by Crippen LogP contribution is 2.39. The van der Waals surface area contributed by atoms with Crippen molar-refractivity contribution in [1.29, 1.82) is 0 Å². The van der Waals surface area contributed by atoms with Crippen LogP contribution in [-0.4, -0.2) is 31.3 Å². The van der Waals surface area contributed by atoms with Gasteiger partial charge >= 0.3 is 0 Å². The Morgan fingerprint density at radius 1 is 1.20 bits per heavy atom. The Kier molecular flexibility index (Phi) is 6.01. The van der Waals surface area contributed by atoms with Crippen LogP contribution in [-0.2, 0) is 0 Å². The number of carbonyl (C=O) groups is 1. The highest BCUT2D eigenvalue weighted by molar-refractivity contribution is 5.98. The summed E-state index contributed by atoms with van der Waals surface area (Å²) < 4.78 is 5.32. The number of rotatable bonds is 5. The Bertz CT molecular complexity index is 1030. The molecule has 0 atom stereocenters. The lowest BCUT2D eigenvalue weighted by molar-refractivity contribution is 0.0952. The molecule has 0 aliphatic carbocycles. The predicted octanol–water partition coefficient (Wildman–Crippen LogP) is 5.10. The lowest BCUT2D eigenvalue weighted by Gasteiger charge is -2.43. The summed E-state index contributed by atoms with van der Waals surface area (Å²) in [5.74, 6) is 0.240. The second-order valence-corrected chi connectivity index (χ2v) is 8.35. The van der Waals surface area contributed by atoms with E-state index >= 15 is 0 Å². The molecule has 3 rings (SSSR count). The van der Waals surface area contributed by atoms with Gasteiger partial charge in [0.05, 0.1) is 24.4 Å². The number of carbonyl (C=O) groups excluding carboxylic acids is 1. The first-order valence-electron chi connectivity index (χ1n) is 10.3. The normalized spacial score (nSPS) is 15.0. The average molecular weight is 406 g/mol. The zero-order chi connectivity index (χ0) is 22.1. The molecule has 30 heavy (non-hydrogen) atoms. The van der Waals surface area contributed by atoms with Crippen molar-refractivity contribution in [3.05, 3.63) is 64.2 Å². The lowest BCUT2D eigenvalue weighted by atomic mass is 9.87. The van der Waals surface area contributed by atoms with Crippen molar-refractivity contribution < 1.29 is 9.53 Å². The van der Waals surface area contributed by atoms with Gasteiger partial charge in [0, 0.05) is 17.8 Å². The molecule has 0 radical (unpaired) electrons. The summed E-state index contributed by atoms with van der Waals surface area (Å²) in [6, 6.07) is 9.82. The summed E-state index contributed by atoms with van der Waals surface area (Å²) >= 11 is 0. The third-order valence-corrected chi connectivity index (χ3v) is 5.65. The van der Waals surface area contributed by atoms with E-state index in [-0.39, 0.29) is 11.4 Å². The van der Waals surface area contributed by atoms with Gasteiger partial charge in [-0.15, -0.1) is 0 Å². The van der Waals surface area contributed by atoms with Crippen molar-refractivity contribution in [3.63, 3.8) is 0 Å². The number of anilines is 1. The van der Waals surface area contributed by atoms with E-state index in [1.54, 1.807) is 19.4 Å². The number of nitrogens with one attached hydrogen (secondary N) is 1. The number of hydrogen-bond acceptors (Lipinski definition) is 4. The van der Waals surface area contributed by atoms with Crippen LogP contribution in [0.3, 0.4) is 0 Å². The van der Waals surface area contributed by atoms with E-state index in [2.05, 4.69) is 68.3 Å². The maximum absolute atomic E-state index is 12.5. The number of hydrogen-bond donors (Lipinski definition) is 1. The third-order valence-electron chi connectivity index (χ3n) is 5.65. The first-order valence-corrected chi connectivity index (χ1v) is 10.3. The van der Waals surface area contributed by atoms with E-state index in [9.17, 15) is 4.79 Å². The number of hydrazone groups is 1. The lowest BCUT2D eigenvalue weighted by Crippen LogP contribution is -2.45. The van der Waals surface area contributed by atoms with Crippen LogP contribution >= 0.6 is 0 Å². The molecule has 1 heterocycles. The predicted molar refractivity (Wildman–Crippen MR) is 125 cm³/mol. The fraction of sp³-hybridized carbons (Fsp3) is 0.360. The minimum absolute atomic E-state index is 0.0189. The molecule has 2 aromatic carbocycles. The zero-order valence-corrected chi connectivity index (χ0v) is 19.0. The molecule has 0 saturated heterocycles. The number of ether oxygens (including phenoxy) is 1. The van der Waals surface area contributed by atoms with Gasteiger partial charge in [0.1, 0.15) is 5.75 Å². The van der Waals surface area contributed by atoms with Crippen LogP contribution in [0.5, 0.6) is 5.75 Å². The van der Waals surface area contributed by atoms with Gasteiger partial charge in [-0.3, -0.25) is 4.79 Å². The molecular weight excluding hydrogens is 374 g/mol. The molecule has 5 nitrogen and oxygen atoms in total. The molecule has 0 aromatic heterocycles. The molecule has 0 unspecified atom stereocenters. The maximum Gasteiger partial charge on any atom is 0.275 e. The van der Waals surface area contributed by atoms with Crippen molar-refractivity contribution in [2.45, 2.75) is 47.1 Å². The molecule has 1 aliphatic heterocycles. The molecule has 0 fully saturated rings. The molecule has 1 N–H and O–H groups in total. The number of methoxy groups -OCH3 is 1. The highest BCUT2D eigenvalue weighted by Gasteiger charge is 2.30. The minimum atomic E-state index is -0.298. The Morgan fingerprint density at radius 3 is 2.60 bits per heavy atom. The van der Waals surface area contributed by atoms with Crippen LogP contribution < -0.4 is 15.1 Å². The fourth-order valence-corrected chi connectivity index (χ4v) is 4.17. The highest BCUT2D eigenvalue weighted by atomic mass is 16.5. The van der Waals surface area contributed by atoms with Crippen LogP contribution in [0.4, 0.5) is 5.69 Å². The van der Waals surface area contributed by atoms with Crippen molar-refractivity contribution in [2.24, 2.45) is 5.10 Å². The smallest absolute Gasteiger partial charge is 0.275 e. The van der Waals surface area contributed by atoms with Crippen LogP contribution in [0.2, 0.25) is 0 Å². The average Bonchev–Trinajstić information content (AvgIpc) is 2.68. The van der Waals surface area contributed by atoms with Crippen LogP contribution in [0.1, 0.15) is 60.3 Å². The van der Waals surface area contributed by atoms with Gasteiger partial charge in [0.15, 0.2) is 0 Å². The first-order chi connectivity index (χ1) is 14.2. The van der Waals surface area contributed by atoms with Gasteiger partial charge in [-0.25, -0.2) is 5.43 Å². The number of likely N-dealkylation sites (N-methyl/N-ethyl adjacent to an activating group) is 1. The second kappa shape index (κ2) is 8.34. The molecule has 0 spiro atoms. The molecule has 1 amide bonds.